The van der Waals surface area contributed by atoms with Gasteiger partial charge in [0.25, 0.3) is 0 Å². The number of nitrogens with two attached hydrogens (primary N) is 1. The van der Waals surface area contributed by atoms with Crippen molar-refractivity contribution in [3.63, 3.8) is 0 Å². The Hall–Kier alpha value is -0.490. The van der Waals surface area contributed by atoms with Crippen molar-refractivity contribution in [2.45, 2.75) is 24.9 Å². The number of aliphatic hydroxyl groups is 1. The minimum Gasteiger partial charge on any atom is -0.387 e. The Morgan fingerprint density at radius 3 is 3.00 bits per heavy atom. The lowest BCUT2D eigenvalue weighted by Crippen LogP contribution is -2.37. The van der Waals surface area contributed by atoms with E-state index in [1.165, 1.54) is 0 Å². The first kappa shape index (κ1) is 12.6. The zero-order valence-corrected chi connectivity index (χ0v) is 9.80. The number of hydrogen-bond acceptors (Lipinski definition) is 5. The van der Waals surface area contributed by atoms with E-state index < -0.39 is 5.60 Å². The van der Waals surface area contributed by atoms with Crippen molar-refractivity contribution in [1.29, 1.82) is 0 Å². The van der Waals surface area contributed by atoms with Gasteiger partial charge in [0.2, 0.25) is 0 Å². The van der Waals surface area contributed by atoms with Gasteiger partial charge >= 0.3 is 0 Å². The van der Waals surface area contributed by atoms with Crippen LogP contribution in [0.15, 0.2) is 11.7 Å². The average molecular weight is 230 g/mol. The summed E-state index contributed by atoms with van der Waals surface area (Å²) in [4.78, 5) is 5.06. The highest BCUT2D eigenvalue weighted by atomic mass is 32.1. The van der Waals surface area contributed by atoms with E-state index in [1.807, 2.05) is 0 Å². The molecule has 5 heteroatoms. The molecule has 1 aromatic rings. The lowest BCUT2D eigenvalue weighted by atomic mass is 9.94. The number of hydrogen-bond donors (Lipinski definition) is 2. The van der Waals surface area contributed by atoms with E-state index in [4.69, 9.17) is 10.5 Å². The van der Waals surface area contributed by atoms with Crippen molar-refractivity contribution in [1.82, 2.24) is 4.98 Å². The monoisotopic (exact) mass is 230 g/mol. The zero-order chi connectivity index (χ0) is 11.1. The van der Waals surface area contributed by atoms with Crippen LogP contribution in [0, 0.1) is 0 Å². The third-order valence-corrected chi connectivity index (χ3v) is 3.03. The Balaban J connectivity index is 2.55. The van der Waals surface area contributed by atoms with E-state index in [0.29, 0.717) is 26.0 Å². The second-order valence-electron chi connectivity index (χ2n) is 3.69. The Morgan fingerprint density at radius 1 is 1.67 bits per heavy atom. The van der Waals surface area contributed by atoms with Gasteiger partial charge in [0.05, 0.1) is 17.7 Å². The highest BCUT2D eigenvalue weighted by molar-refractivity contribution is 7.09. The molecule has 0 aliphatic heterocycles. The molecule has 0 fully saturated rings. The van der Waals surface area contributed by atoms with E-state index in [1.54, 1.807) is 30.2 Å². The lowest BCUT2D eigenvalue weighted by Gasteiger charge is -2.26. The molecule has 1 rings (SSSR count). The van der Waals surface area contributed by atoms with Crippen LogP contribution >= 0.6 is 11.3 Å². The van der Waals surface area contributed by atoms with Gasteiger partial charge in [-0.15, -0.1) is 11.3 Å². The predicted octanol–water partition coefficient (Wildman–Crippen LogP) is 0.802. The van der Waals surface area contributed by atoms with Crippen molar-refractivity contribution in [3.05, 3.63) is 16.6 Å². The largest absolute Gasteiger partial charge is 0.387 e. The molecule has 0 aliphatic rings. The molecule has 4 nitrogen and oxygen atoms in total. The third-order valence-electron chi connectivity index (χ3n) is 2.25. The summed E-state index contributed by atoms with van der Waals surface area (Å²) in [5.74, 6) is 0. The van der Waals surface area contributed by atoms with Gasteiger partial charge in [0.15, 0.2) is 0 Å². The topological polar surface area (TPSA) is 68.4 Å². The molecule has 1 heterocycles. The fourth-order valence-electron chi connectivity index (χ4n) is 1.57. The molecule has 0 aromatic carbocycles. The summed E-state index contributed by atoms with van der Waals surface area (Å²) >= 11 is 1.55. The molecule has 0 amide bonds. The van der Waals surface area contributed by atoms with Gasteiger partial charge in [0, 0.05) is 24.6 Å². The van der Waals surface area contributed by atoms with Crippen molar-refractivity contribution in [2.75, 3.05) is 20.3 Å². The minimum atomic E-state index is -0.805. The minimum absolute atomic E-state index is 0.338. The molecule has 0 spiro atoms. The quantitative estimate of drug-likeness (QED) is 0.727. The first-order valence-corrected chi connectivity index (χ1v) is 5.87. The first-order chi connectivity index (χ1) is 7.20. The highest BCUT2D eigenvalue weighted by Crippen LogP contribution is 2.21. The van der Waals surface area contributed by atoms with Crippen LogP contribution < -0.4 is 5.73 Å². The molecule has 0 bridgehead atoms. The van der Waals surface area contributed by atoms with Crippen LogP contribution in [0.3, 0.4) is 0 Å². The molecular formula is C10H18N2O2S. The van der Waals surface area contributed by atoms with E-state index in [2.05, 4.69) is 4.98 Å². The van der Waals surface area contributed by atoms with E-state index in [9.17, 15) is 5.11 Å². The number of ether oxygens (including phenoxy) is 1. The van der Waals surface area contributed by atoms with Gasteiger partial charge in [-0.1, -0.05) is 0 Å². The second kappa shape index (κ2) is 6.17. The Morgan fingerprint density at radius 2 is 2.47 bits per heavy atom. The normalized spacial score (nSPS) is 15.1. The SMILES string of the molecule is COCC(O)(CCCN)Cc1cncs1. The second-order valence-corrected chi connectivity index (χ2v) is 4.67. The van der Waals surface area contributed by atoms with Crippen molar-refractivity contribution in [2.24, 2.45) is 5.73 Å². The number of rotatable bonds is 7. The Labute approximate surface area is 94.1 Å². The van der Waals surface area contributed by atoms with Crippen LogP contribution in [-0.2, 0) is 11.2 Å². The standard InChI is InChI=1S/C10H18N2O2S/c1-14-7-10(13,3-2-4-11)5-9-6-12-8-15-9/h6,8,13H,2-5,7,11H2,1H3. The number of thiazole rings is 1. The first-order valence-electron chi connectivity index (χ1n) is 4.99. The molecule has 1 atom stereocenters. The molecule has 1 unspecified atom stereocenters. The Bertz CT molecular complexity index is 266. The maximum Gasteiger partial charge on any atom is 0.0928 e. The van der Waals surface area contributed by atoms with E-state index in [0.717, 1.165) is 11.3 Å². The van der Waals surface area contributed by atoms with Crippen LogP contribution in [0.1, 0.15) is 17.7 Å². The molecule has 86 valence electrons. The molecule has 3 N–H and O–H groups in total. The van der Waals surface area contributed by atoms with Gasteiger partial charge in [-0.2, -0.15) is 0 Å². The summed E-state index contributed by atoms with van der Waals surface area (Å²) in [5.41, 5.74) is 6.41. The zero-order valence-electron chi connectivity index (χ0n) is 8.98. The fourth-order valence-corrected chi connectivity index (χ4v) is 2.30. The van der Waals surface area contributed by atoms with E-state index in [-0.39, 0.29) is 0 Å². The third kappa shape index (κ3) is 4.25. The van der Waals surface area contributed by atoms with Gasteiger partial charge in [-0.3, -0.25) is 4.98 Å². The summed E-state index contributed by atoms with van der Waals surface area (Å²) in [5, 5.41) is 10.3. The smallest absolute Gasteiger partial charge is 0.0928 e. The van der Waals surface area contributed by atoms with Crippen LogP contribution in [0.2, 0.25) is 0 Å². The number of methoxy groups -OCH3 is 1. The van der Waals surface area contributed by atoms with Gasteiger partial charge in [-0.05, 0) is 19.4 Å². The number of nitrogens with zero attached hydrogens (tertiary/aromatic N) is 1. The molecule has 0 saturated heterocycles. The van der Waals surface area contributed by atoms with Crippen molar-refractivity contribution >= 4 is 11.3 Å². The molecule has 0 aliphatic carbocycles. The van der Waals surface area contributed by atoms with Crippen LogP contribution in [0.4, 0.5) is 0 Å². The Kier molecular flexibility index (Phi) is 5.17. The van der Waals surface area contributed by atoms with Crippen molar-refractivity contribution in [3.8, 4) is 0 Å². The average Bonchev–Trinajstić information content (AvgIpc) is 2.68. The summed E-state index contributed by atoms with van der Waals surface area (Å²) in [6.07, 6.45) is 3.84. The van der Waals surface area contributed by atoms with Gasteiger partial charge in [-0.25, -0.2) is 0 Å². The van der Waals surface area contributed by atoms with E-state index >= 15 is 0 Å². The lowest BCUT2D eigenvalue weighted by molar-refractivity contribution is -0.0370. The summed E-state index contributed by atoms with van der Waals surface area (Å²) in [6, 6.07) is 0. The predicted molar refractivity (Wildman–Crippen MR) is 60.9 cm³/mol. The van der Waals surface area contributed by atoms with Gasteiger partial charge < -0.3 is 15.6 Å². The fraction of sp³-hybridized carbons (Fsp3) is 0.700. The molecule has 0 radical (unpaired) electrons. The number of aromatic nitrogens is 1. The molecule has 0 saturated carbocycles. The molecular weight excluding hydrogens is 212 g/mol. The maximum absolute atomic E-state index is 10.3. The summed E-state index contributed by atoms with van der Waals surface area (Å²) in [6.45, 7) is 0.930. The van der Waals surface area contributed by atoms with Crippen LogP contribution in [-0.4, -0.2) is 36.0 Å². The van der Waals surface area contributed by atoms with Gasteiger partial charge in [0.1, 0.15) is 0 Å². The van der Waals surface area contributed by atoms with Crippen molar-refractivity contribution < 1.29 is 9.84 Å². The summed E-state index contributed by atoms with van der Waals surface area (Å²) in [7, 11) is 1.60. The maximum atomic E-state index is 10.3. The molecule has 1 aromatic heterocycles. The highest BCUT2D eigenvalue weighted by Gasteiger charge is 2.27. The molecule has 15 heavy (non-hydrogen) atoms. The summed E-state index contributed by atoms with van der Waals surface area (Å²) < 4.78 is 5.05. The van der Waals surface area contributed by atoms with Crippen LogP contribution in [0.25, 0.3) is 0 Å². The van der Waals surface area contributed by atoms with Crippen LogP contribution in [0.5, 0.6) is 0 Å².